The first-order valence-corrected chi connectivity index (χ1v) is 6.74. The van der Waals surface area contributed by atoms with Gasteiger partial charge in [0.2, 0.25) is 5.91 Å². The number of carbonyl (C=O) groups excluding carboxylic acids is 1. The van der Waals surface area contributed by atoms with E-state index in [4.69, 9.17) is 4.74 Å². The van der Waals surface area contributed by atoms with Gasteiger partial charge in [-0.05, 0) is 17.9 Å². The second-order valence-electron chi connectivity index (χ2n) is 4.07. The van der Waals surface area contributed by atoms with Gasteiger partial charge in [0, 0.05) is 18.5 Å². The van der Waals surface area contributed by atoms with Crippen LogP contribution >= 0.6 is 11.3 Å². The number of rotatable bonds is 5. The molecule has 1 aliphatic heterocycles. The van der Waals surface area contributed by atoms with E-state index in [-0.39, 0.29) is 18.1 Å². The van der Waals surface area contributed by atoms with Gasteiger partial charge < -0.3 is 9.64 Å². The molecule has 1 aromatic heterocycles. The van der Waals surface area contributed by atoms with Crippen LogP contribution in [-0.4, -0.2) is 37.1 Å². The number of ether oxygens (including phenoxy) is 1. The molecule has 0 radical (unpaired) electrons. The molecule has 2 unspecified atom stereocenters. The Morgan fingerprint density at radius 1 is 1.59 bits per heavy atom. The highest BCUT2D eigenvalue weighted by molar-refractivity contribution is 7.10. The van der Waals surface area contributed by atoms with Gasteiger partial charge in [0.1, 0.15) is 6.17 Å². The van der Waals surface area contributed by atoms with Gasteiger partial charge in [-0.2, -0.15) is 0 Å². The van der Waals surface area contributed by atoms with Crippen LogP contribution in [0.25, 0.3) is 0 Å². The summed E-state index contributed by atoms with van der Waals surface area (Å²) in [5, 5.41) is 5.42. The highest BCUT2D eigenvalue weighted by atomic mass is 32.1. The van der Waals surface area contributed by atoms with Crippen molar-refractivity contribution >= 4 is 17.2 Å². The first kappa shape index (κ1) is 12.5. The fourth-order valence-electron chi connectivity index (χ4n) is 2.08. The van der Waals surface area contributed by atoms with E-state index < -0.39 is 0 Å². The number of thiophene rings is 1. The second-order valence-corrected chi connectivity index (χ2v) is 5.05. The van der Waals surface area contributed by atoms with Gasteiger partial charge in [0.05, 0.1) is 12.6 Å². The van der Waals surface area contributed by atoms with Crippen molar-refractivity contribution in [3.05, 3.63) is 22.4 Å². The molecular formula is C12H18N2O2S. The molecule has 5 heteroatoms. The molecule has 0 aliphatic carbocycles. The average Bonchev–Trinajstić information content (AvgIpc) is 2.94. The summed E-state index contributed by atoms with van der Waals surface area (Å²) in [7, 11) is 1.66. The Labute approximate surface area is 106 Å². The molecule has 0 aromatic carbocycles. The quantitative estimate of drug-likeness (QED) is 0.868. The minimum atomic E-state index is -0.0565. The van der Waals surface area contributed by atoms with Crippen molar-refractivity contribution in [1.82, 2.24) is 10.2 Å². The van der Waals surface area contributed by atoms with E-state index in [1.807, 2.05) is 23.3 Å². The Morgan fingerprint density at radius 3 is 3.00 bits per heavy atom. The minimum Gasteiger partial charge on any atom is -0.383 e. The maximum atomic E-state index is 12.2. The Hall–Kier alpha value is -0.910. The summed E-state index contributed by atoms with van der Waals surface area (Å²) in [6.07, 6.45) is 0.840. The maximum Gasteiger partial charge on any atom is 0.241 e. The lowest BCUT2D eigenvalue weighted by Crippen LogP contribution is -2.33. The van der Waals surface area contributed by atoms with E-state index in [0.29, 0.717) is 13.2 Å². The van der Waals surface area contributed by atoms with E-state index in [0.717, 1.165) is 6.42 Å². The third-order valence-electron chi connectivity index (χ3n) is 3.01. The number of methoxy groups -OCH3 is 1. The standard InChI is InChI=1S/C12H18N2O2S/c1-3-9-12(15)14(6-7-16-2)11(13-9)10-5-4-8-17-10/h4-5,8-9,11,13H,3,6-7H2,1-2H3. The number of nitrogens with zero attached hydrogens (tertiary/aromatic N) is 1. The summed E-state index contributed by atoms with van der Waals surface area (Å²) in [6.45, 7) is 3.24. The van der Waals surface area contributed by atoms with Crippen molar-refractivity contribution < 1.29 is 9.53 Å². The zero-order valence-electron chi connectivity index (χ0n) is 10.2. The lowest BCUT2D eigenvalue weighted by molar-refractivity contribution is -0.130. The lowest BCUT2D eigenvalue weighted by Gasteiger charge is -2.22. The van der Waals surface area contributed by atoms with Crippen molar-refractivity contribution in [3.63, 3.8) is 0 Å². The van der Waals surface area contributed by atoms with Crippen LogP contribution in [0.5, 0.6) is 0 Å². The van der Waals surface area contributed by atoms with Gasteiger partial charge in [-0.15, -0.1) is 11.3 Å². The molecule has 1 aromatic rings. The molecule has 4 nitrogen and oxygen atoms in total. The van der Waals surface area contributed by atoms with Gasteiger partial charge in [-0.1, -0.05) is 13.0 Å². The normalized spacial score (nSPS) is 24.6. The van der Waals surface area contributed by atoms with Crippen LogP contribution in [0.15, 0.2) is 17.5 Å². The fraction of sp³-hybridized carbons (Fsp3) is 0.583. The fourth-order valence-corrected chi connectivity index (χ4v) is 2.88. The number of hydrogen-bond donors (Lipinski definition) is 1. The lowest BCUT2D eigenvalue weighted by atomic mass is 10.2. The molecule has 94 valence electrons. The topological polar surface area (TPSA) is 41.6 Å². The first-order valence-electron chi connectivity index (χ1n) is 5.86. The van der Waals surface area contributed by atoms with E-state index >= 15 is 0 Å². The summed E-state index contributed by atoms with van der Waals surface area (Å²) in [5.74, 6) is 0.183. The molecule has 17 heavy (non-hydrogen) atoms. The summed E-state index contributed by atoms with van der Waals surface area (Å²) in [4.78, 5) is 15.2. The monoisotopic (exact) mass is 254 g/mol. The molecule has 0 bridgehead atoms. The van der Waals surface area contributed by atoms with Crippen LogP contribution < -0.4 is 5.32 Å². The van der Waals surface area contributed by atoms with Crippen molar-refractivity contribution in [2.24, 2.45) is 0 Å². The number of carbonyl (C=O) groups is 1. The zero-order chi connectivity index (χ0) is 12.3. The molecule has 1 N–H and O–H groups in total. The Balaban J connectivity index is 2.15. The highest BCUT2D eigenvalue weighted by Crippen LogP contribution is 2.28. The highest BCUT2D eigenvalue weighted by Gasteiger charge is 2.38. The van der Waals surface area contributed by atoms with Crippen molar-refractivity contribution in [1.29, 1.82) is 0 Å². The molecule has 0 spiro atoms. The largest absolute Gasteiger partial charge is 0.383 e. The number of hydrogen-bond acceptors (Lipinski definition) is 4. The average molecular weight is 254 g/mol. The second kappa shape index (κ2) is 5.62. The molecule has 1 amide bonds. The van der Waals surface area contributed by atoms with Crippen LogP contribution in [-0.2, 0) is 9.53 Å². The SMILES string of the molecule is CCC1NC(c2cccs2)N(CCOC)C1=O. The molecule has 0 saturated carbocycles. The Morgan fingerprint density at radius 2 is 2.41 bits per heavy atom. The molecule has 2 heterocycles. The van der Waals surface area contributed by atoms with Gasteiger partial charge >= 0.3 is 0 Å². The van der Waals surface area contributed by atoms with Crippen LogP contribution in [0, 0.1) is 0 Å². The molecule has 2 rings (SSSR count). The third-order valence-corrected chi connectivity index (χ3v) is 3.93. The van der Waals surface area contributed by atoms with Crippen molar-refractivity contribution in [3.8, 4) is 0 Å². The molecule has 1 aliphatic rings. The summed E-state index contributed by atoms with van der Waals surface area (Å²) in [5.41, 5.74) is 0. The minimum absolute atomic E-state index is 0.0163. The van der Waals surface area contributed by atoms with Gasteiger partial charge in [0.15, 0.2) is 0 Å². The van der Waals surface area contributed by atoms with Crippen molar-refractivity contribution in [2.75, 3.05) is 20.3 Å². The van der Waals surface area contributed by atoms with Gasteiger partial charge in [-0.25, -0.2) is 0 Å². The van der Waals surface area contributed by atoms with E-state index in [1.54, 1.807) is 18.4 Å². The van der Waals surface area contributed by atoms with Gasteiger partial charge in [0.25, 0.3) is 0 Å². The Kier molecular flexibility index (Phi) is 4.15. The van der Waals surface area contributed by atoms with Crippen LogP contribution in [0.3, 0.4) is 0 Å². The van der Waals surface area contributed by atoms with Gasteiger partial charge in [-0.3, -0.25) is 10.1 Å². The predicted molar refractivity (Wildman–Crippen MR) is 67.9 cm³/mol. The van der Waals surface area contributed by atoms with E-state index in [2.05, 4.69) is 11.4 Å². The summed E-state index contributed by atoms with van der Waals surface area (Å²) >= 11 is 1.67. The van der Waals surface area contributed by atoms with E-state index in [9.17, 15) is 4.79 Å². The molecular weight excluding hydrogens is 236 g/mol. The van der Waals surface area contributed by atoms with Crippen LogP contribution in [0.2, 0.25) is 0 Å². The van der Waals surface area contributed by atoms with Crippen LogP contribution in [0.4, 0.5) is 0 Å². The smallest absolute Gasteiger partial charge is 0.241 e. The van der Waals surface area contributed by atoms with Crippen LogP contribution in [0.1, 0.15) is 24.4 Å². The number of amides is 1. The Bertz CT molecular complexity index is 367. The predicted octanol–water partition coefficient (Wildman–Crippen LogP) is 1.60. The van der Waals surface area contributed by atoms with Crippen molar-refractivity contribution in [2.45, 2.75) is 25.6 Å². The summed E-state index contributed by atoms with van der Waals surface area (Å²) in [6, 6.07) is 4.02. The number of nitrogens with one attached hydrogen (secondary N) is 1. The molecule has 2 atom stereocenters. The maximum absolute atomic E-state index is 12.2. The first-order chi connectivity index (χ1) is 8.27. The summed E-state index contributed by atoms with van der Waals surface area (Å²) < 4.78 is 5.07. The molecule has 1 saturated heterocycles. The van der Waals surface area contributed by atoms with E-state index in [1.165, 1.54) is 4.88 Å². The molecule has 1 fully saturated rings. The third kappa shape index (κ3) is 2.51. The zero-order valence-corrected chi connectivity index (χ0v) is 11.0.